The Kier molecular flexibility index (Phi) is 5.35. The number of aromatic nitrogens is 2. The number of hydrogen-bond acceptors (Lipinski definition) is 4. The molecule has 0 bridgehead atoms. The first kappa shape index (κ1) is 24.8. The van der Waals surface area contributed by atoms with E-state index in [0.29, 0.717) is 29.9 Å². The number of rotatable bonds is 3. The third kappa shape index (κ3) is 4.14. The van der Waals surface area contributed by atoms with Crippen LogP contribution in [0.15, 0.2) is 24.5 Å². The molecular formula is C27H27ClF3N3O3. The first-order valence-corrected chi connectivity index (χ1v) is 12.8. The number of halogens is 4. The highest BCUT2D eigenvalue weighted by molar-refractivity contribution is 6.31. The van der Waals surface area contributed by atoms with E-state index in [4.69, 9.17) is 11.6 Å². The van der Waals surface area contributed by atoms with Crippen LogP contribution in [0.4, 0.5) is 18.9 Å². The number of nitrogens with zero attached hydrogens (tertiary/aromatic N) is 2. The van der Waals surface area contributed by atoms with Crippen LogP contribution >= 0.6 is 11.6 Å². The van der Waals surface area contributed by atoms with Crippen LogP contribution in [-0.4, -0.2) is 42.8 Å². The van der Waals surface area contributed by atoms with Crippen molar-refractivity contribution < 1.29 is 28.2 Å². The summed E-state index contributed by atoms with van der Waals surface area (Å²) in [7, 11) is 1.74. The number of hydrogen-bond donors (Lipinski definition) is 3. The third-order valence-corrected chi connectivity index (χ3v) is 9.08. The van der Waals surface area contributed by atoms with Crippen molar-refractivity contribution in [2.75, 3.05) is 5.32 Å². The van der Waals surface area contributed by atoms with E-state index < -0.39 is 28.4 Å². The summed E-state index contributed by atoms with van der Waals surface area (Å²) in [5, 5.41) is 24.3. The van der Waals surface area contributed by atoms with Gasteiger partial charge < -0.3 is 20.1 Å². The van der Waals surface area contributed by atoms with Gasteiger partial charge in [0, 0.05) is 30.5 Å². The molecule has 0 saturated heterocycles. The molecule has 4 fully saturated rings. The lowest BCUT2D eigenvalue weighted by Crippen LogP contribution is -2.47. The predicted octanol–water partition coefficient (Wildman–Crippen LogP) is 4.65. The number of imidazole rings is 1. The number of benzene rings is 1. The number of aryl methyl sites for hydroxylation is 1. The minimum absolute atomic E-state index is 0.0269. The van der Waals surface area contributed by atoms with Crippen LogP contribution in [0.1, 0.15) is 67.0 Å². The fourth-order valence-corrected chi connectivity index (χ4v) is 7.11. The zero-order chi connectivity index (χ0) is 26.4. The number of carbonyl (C=O) groups excluding carboxylic acids is 1. The number of amides is 1. The second-order valence-electron chi connectivity index (χ2n) is 11.6. The van der Waals surface area contributed by atoms with E-state index in [9.17, 15) is 28.2 Å². The highest BCUT2D eigenvalue weighted by atomic mass is 35.5. The van der Waals surface area contributed by atoms with Crippen LogP contribution < -0.4 is 5.32 Å². The van der Waals surface area contributed by atoms with Gasteiger partial charge in [0.1, 0.15) is 22.7 Å². The van der Waals surface area contributed by atoms with Crippen molar-refractivity contribution in [3.05, 3.63) is 46.8 Å². The molecule has 6 rings (SSSR count). The molecular weight excluding hydrogens is 507 g/mol. The summed E-state index contributed by atoms with van der Waals surface area (Å²) in [5.74, 6) is 2.29. The van der Waals surface area contributed by atoms with Crippen molar-refractivity contribution in [3.63, 3.8) is 0 Å². The number of carbonyl (C=O) groups is 1. The molecule has 1 heterocycles. The molecule has 3 N–H and O–H groups in total. The molecule has 1 aromatic carbocycles. The number of nitrogens with one attached hydrogen (secondary N) is 1. The summed E-state index contributed by atoms with van der Waals surface area (Å²) < 4.78 is 42.1. The average Bonchev–Trinajstić information content (AvgIpc) is 3.15. The van der Waals surface area contributed by atoms with Gasteiger partial charge in [-0.05, 0) is 68.6 Å². The van der Waals surface area contributed by atoms with Crippen LogP contribution in [0.2, 0.25) is 5.02 Å². The lowest BCUT2D eigenvalue weighted by Gasteiger charge is -2.40. The van der Waals surface area contributed by atoms with Gasteiger partial charge in [-0.2, -0.15) is 0 Å². The molecule has 1 aromatic heterocycles. The van der Waals surface area contributed by atoms with Gasteiger partial charge in [0.2, 0.25) is 0 Å². The Bertz CT molecular complexity index is 1340. The highest BCUT2D eigenvalue weighted by Crippen LogP contribution is 2.73. The number of anilines is 1. The van der Waals surface area contributed by atoms with Crippen molar-refractivity contribution >= 4 is 23.2 Å². The Morgan fingerprint density at radius 2 is 1.76 bits per heavy atom. The maximum atomic E-state index is 13.5. The van der Waals surface area contributed by atoms with Crippen molar-refractivity contribution in [2.45, 2.75) is 68.0 Å². The van der Waals surface area contributed by atoms with Crippen LogP contribution in [0.3, 0.4) is 0 Å². The van der Waals surface area contributed by atoms with E-state index in [1.165, 1.54) is 18.2 Å². The first-order valence-electron chi connectivity index (χ1n) is 12.5. The Balaban J connectivity index is 1.11. The zero-order valence-corrected chi connectivity index (χ0v) is 21.0. The summed E-state index contributed by atoms with van der Waals surface area (Å²) in [5.41, 5.74) is -2.32. The van der Waals surface area contributed by atoms with E-state index in [0.717, 1.165) is 12.8 Å². The molecule has 6 nitrogen and oxygen atoms in total. The molecule has 2 aromatic rings. The summed E-state index contributed by atoms with van der Waals surface area (Å²) in [6.45, 7) is 0. The monoisotopic (exact) mass is 533 g/mol. The van der Waals surface area contributed by atoms with Gasteiger partial charge >= 0.3 is 0 Å². The Labute approximate surface area is 217 Å². The van der Waals surface area contributed by atoms with E-state index in [-0.39, 0.29) is 47.9 Å². The second kappa shape index (κ2) is 7.98. The maximum Gasteiger partial charge on any atom is 0.274 e. The minimum atomic E-state index is -2.70. The second-order valence-corrected chi connectivity index (χ2v) is 12.0. The first-order chi connectivity index (χ1) is 17.3. The van der Waals surface area contributed by atoms with Gasteiger partial charge in [-0.25, -0.2) is 18.2 Å². The molecule has 37 heavy (non-hydrogen) atoms. The van der Waals surface area contributed by atoms with Crippen LogP contribution in [-0.2, 0) is 7.05 Å². The van der Waals surface area contributed by atoms with Gasteiger partial charge in [-0.1, -0.05) is 23.4 Å². The van der Waals surface area contributed by atoms with Crippen LogP contribution in [0.25, 0.3) is 0 Å². The molecule has 4 aliphatic rings. The van der Waals surface area contributed by atoms with Gasteiger partial charge in [0.05, 0.1) is 17.0 Å². The largest absolute Gasteiger partial charge is 0.378 e. The fraction of sp³-hybridized carbons (Fsp3) is 0.556. The number of fused-ring (bicyclic) bond motifs is 1. The van der Waals surface area contributed by atoms with Crippen molar-refractivity contribution in [1.82, 2.24) is 9.55 Å². The Hall–Kier alpha value is -2.54. The molecule has 2 unspecified atom stereocenters. The third-order valence-electron chi connectivity index (χ3n) is 8.79. The molecule has 1 amide bonds. The number of alkyl halides is 2. The Morgan fingerprint density at radius 3 is 2.35 bits per heavy atom. The predicted molar refractivity (Wildman–Crippen MR) is 130 cm³/mol. The van der Waals surface area contributed by atoms with Gasteiger partial charge in [-0.15, -0.1) is 0 Å². The molecule has 4 saturated carbocycles. The van der Waals surface area contributed by atoms with Crippen LogP contribution in [0.5, 0.6) is 0 Å². The van der Waals surface area contributed by atoms with Gasteiger partial charge in [0.25, 0.3) is 11.8 Å². The molecule has 4 aliphatic carbocycles. The molecule has 2 atom stereocenters. The topological polar surface area (TPSA) is 87.4 Å². The quantitative estimate of drug-likeness (QED) is 0.501. The van der Waals surface area contributed by atoms with E-state index in [2.05, 4.69) is 22.1 Å². The minimum Gasteiger partial charge on any atom is -0.378 e. The SMILES string of the molecule is Cn1cnc(C2CC3CC(O)(C#CC4(O)CC5(C4)CC5(F)F)CC3C2)c1C(=O)Nc1ccc(F)c(Cl)c1. The Morgan fingerprint density at radius 1 is 1.14 bits per heavy atom. The van der Waals surface area contributed by atoms with Crippen LogP contribution in [0, 0.1) is 34.9 Å². The summed E-state index contributed by atoms with van der Waals surface area (Å²) in [4.78, 5) is 17.6. The van der Waals surface area contributed by atoms with Crippen molar-refractivity contribution in [2.24, 2.45) is 24.3 Å². The zero-order valence-electron chi connectivity index (χ0n) is 20.2. The molecule has 0 aliphatic heterocycles. The summed E-state index contributed by atoms with van der Waals surface area (Å²) >= 11 is 5.83. The fourth-order valence-electron chi connectivity index (χ4n) is 6.93. The summed E-state index contributed by atoms with van der Waals surface area (Å²) in [6.07, 6.45) is 3.64. The van der Waals surface area contributed by atoms with Crippen molar-refractivity contribution in [1.29, 1.82) is 0 Å². The van der Waals surface area contributed by atoms with E-state index >= 15 is 0 Å². The number of aliphatic hydroxyl groups is 2. The average molecular weight is 534 g/mol. The van der Waals surface area contributed by atoms with E-state index in [1.807, 2.05) is 0 Å². The maximum absolute atomic E-state index is 13.5. The molecule has 0 radical (unpaired) electrons. The van der Waals surface area contributed by atoms with Gasteiger partial charge in [-0.3, -0.25) is 4.79 Å². The molecule has 10 heteroatoms. The summed E-state index contributed by atoms with van der Waals surface area (Å²) in [6, 6.07) is 3.98. The standard InChI is InChI=1S/C27H27ClF3N3O3/c1-34-14-32-21(22(34)23(35)33-18-2-3-20(29)19(28)8-18)15-6-16-9-25(36,10-17(16)7-15)4-5-26(37)11-24(12-26)13-27(24,30)31/h2-3,8,14-17,36-37H,6-7,9-13H2,1H3,(H,33,35). The highest BCUT2D eigenvalue weighted by Gasteiger charge is 2.79. The lowest BCUT2D eigenvalue weighted by molar-refractivity contribution is -0.0861. The smallest absolute Gasteiger partial charge is 0.274 e. The van der Waals surface area contributed by atoms with Gasteiger partial charge in [0.15, 0.2) is 0 Å². The normalized spacial score (nSPS) is 37.0. The molecule has 196 valence electrons. The van der Waals surface area contributed by atoms with Crippen molar-refractivity contribution in [3.8, 4) is 11.8 Å². The van der Waals surface area contributed by atoms with E-state index in [1.54, 1.807) is 17.9 Å². The lowest BCUT2D eigenvalue weighted by atomic mass is 9.67. The molecule has 1 spiro atoms.